The van der Waals surface area contributed by atoms with Gasteiger partial charge in [-0.15, -0.1) is 0 Å². The number of rotatable bonds is 5. The number of aryl methyl sites for hydroxylation is 2. The largest absolute Gasteiger partial charge is 0.466 e. The lowest BCUT2D eigenvalue weighted by Gasteiger charge is -2.33. The number of furan rings is 1. The van der Waals surface area contributed by atoms with Gasteiger partial charge in [-0.25, -0.2) is 0 Å². The van der Waals surface area contributed by atoms with Crippen LogP contribution in [0.3, 0.4) is 0 Å². The normalized spacial score (nSPS) is 17.3. The van der Waals surface area contributed by atoms with Gasteiger partial charge in [-0.3, -0.25) is 9.59 Å². The molecule has 1 fully saturated rings. The highest BCUT2D eigenvalue weighted by Gasteiger charge is 2.25. The summed E-state index contributed by atoms with van der Waals surface area (Å²) in [5, 5.41) is 3.06. The molecule has 2 heterocycles. The van der Waals surface area contributed by atoms with Gasteiger partial charge in [-0.2, -0.15) is 0 Å². The Labute approximate surface area is 148 Å². The third-order valence-electron chi connectivity index (χ3n) is 4.49. The Kier molecular flexibility index (Phi) is 5.53. The van der Waals surface area contributed by atoms with Crippen LogP contribution in [0.4, 0.5) is 0 Å². The van der Waals surface area contributed by atoms with Crippen molar-refractivity contribution in [1.82, 2.24) is 10.2 Å². The van der Waals surface area contributed by atoms with Gasteiger partial charge in [-0.05, 0) is 44.0 Å². The molecule has 2 aromatic rings. The molecule has 2 amide bonds. The van der Waals surface area contributed by atoms with Crippen LogP contribution in [0.25, 0.3) is 0 Å². The third-order valence-corrected chi connectivity index (χ3v) is 4.49. The zero-order valence-corrected chi connectivity index (χ0v) is 14.5. The maximum absolute atomic E-state index is 12.5. The molecule has 5 heteroatoms. The number of nitrogens with zero attached hydrogens (tertiary/aromatic N) is 1. The van der Waals surface area contributed by atoms with Gasteiger partial charge in [0, 0.05) is 37.5 Å². The second-order valence-electron chi connectivity index (χ2n) is 6.54. The maximum atomic E-state index is 12.5. The molecule has 5 nitrogen and oxygen atoms in total. The Bertz CT molecular complexity index is 724. The molecule has 0 saturated carbocycles. The van der Waals surface area contributed by atoms with Crippen LogP contribution in [0.5, 0.6) is 0 Å². The summed E-state index contributed by atoms with van der Waals surface area (Å²) in [6.45, 7) is 3.20. The van der Waals surface area contributed by atoms with Crippen molar-refractivity contribution >= 4 is 11.8 Å². The van der Waals surface area contributed by atoms with E-state index in [1.165, 1.54) is 0 Å². The number of piperidine rings is 1. The molecule has 1 unspecified atom stereocenters. The lowest BCUT2D eigenvalue weighted by atomic mass is 10.0. The van der Waals surface area contributed by atoms with Gasteiger partial charge < -0.3 is 14.6 Å². The Morgan fingerprint density at radius 2 is 2.00 bits per heavy atom. The van der Waals surface area contributed by atoms with Gasteiger partial charge in [-0.1, -0.05) is 18.2 Å². The summed E-state index contributed by atoms with van der Waals surface area (Å²) in [6, 6.07) is 13.1. The molecule has 132 valence electrons. The molecule has 1 aromatic carbocycles. The summed E-state index contributed by atoms with van der Waals surface area (Å²) in [4.78, 5) is 26.6. The number of carbonyl (C=O) groups is 2. The molecular weight excluding hydrogens is 316 g/mol. The zero-order chi connectivity index (χ0) is 17.6. The van der Waals surface area contributed by atoms with Crippen molar-refractivity contribution < 1.29 is 14.0 Å². The first-order valence-corrected chi connectivity index (χ1v) is 8.81. The molecule has 1 aliphatic heterocycles. The number of hydrogen-bond acceptors (Lipinski definition) is 3. The summed E-state index contributed by atoms with van der Waals surface area (Å²) in [6.07, 6.45) is 2.81. The molecular formula is C20H24N2O3. The SMILES string of the molecule is Cc1ccc(CCC(=O)NC2CCCN(C(=O)c3ccccc3)C2)o1. The van der Waals surface area contributed by atoms with Crippen LogP contribution in [-0.4, -0.2) is 35.8 Å². The zero-order valence-electron chi connectivity index (χ0n) is 14.5. The van der Waals surface area contributed by atoms with Crippen molar-refractivity contribution in [2.75, 3.05) is 13.1 Å². The van der Waals surface area contributed by atoms with Crippen LogP contribution in [0.15, 0.2) is 46.9 Å². The number of benzene rings is 1. The van der Waals surface area contributed by atoms with E-state index in [2.05, 4.69) is 5.32 Å². The van der Waals surface area contributed by atoms with Gasteiger partial charge in [0.1, 0.15) is 11.5 Å². The number of nitrogens with one attached hydrogen (secondary N) is 1. The van der Waals surface area contributed by atoms with Gasteiger partial charge in [0.25, 0.3) is 5.91 Å². The second-order valence-corrected chi connectivity index (χ2v) is 6.54. The molecule has 0 bridgehead atoms. The molecule has 1 aliphatic rings. The number of carbonyl (C=O) groups excluding carboxylic acids is 2. The quantitative estimate of drug-likeness (QED) is 0.910. The van der Waals surface area contributed by atoms with Crippen molar-refractivity contribution in [1.29, 1.82) is 0 Å². The summed E-state index contributed by atoms with van der Waals surface area (Å²) < 4.78 is 5.49. The average molecular weight is 340 g/mol. The van der Waals surface area contributed by atoms with Crippen LogP contribution < -0.4 is 5.32 Å². The molecule has 1 saturated heterocycles. The first-order chi connectivity index (χ1) is 12.1. The lowest BCUT2D eigenvalue weighted by molar-refractivity contribution is -0.122. The summed E-state index contributed by atoms with van der Waals surface area (Å²) in [5.74, 6) is 1.73. The van der Waals surface area contributed by atoms with Crippen molar-refractivity contribution in [2.24, 2.45) is 0 Å². The van der Waals surface area contributed by atoms with Gasteiger partial charge in [0.05, 0.1) is 0 Å². The molecule has 1 atom stereocenters. The highest BCUT2D eigenvalue weighted by Crippen LogP contribution is 2.14. The minimum Gasteiger partial charge on any atom is -0.466 e. The molecule has 0 aliphatic carbocycles. The van der Waals surface area contributed by atoms with Crippen molar-refractivity contribution in [2.45, 2.75) is 38.6 Å². The van der Waals surface area contributed by atoms with E-state index in [9.17, 15) is 9.59 Å². The van der Waals surface area contributed by atoms with E-state index < -0.39 is 0 Å². The van der Waals surface area contributed by atoms with Crippen molar-refractivity contribution in [3.05, 3.63) is 59.5 Å². The Morgan fingerprint density at radius 3 is 2.72 bits per heavy atom. The molecule has 1 aromatic heterocycles. The first-order valence-electron chi connectivity index (χ1n) is 8.81. The summed E-state index contributed by atoms with van der Waals surface area (Å²) in [7, 11) is 0. The number of likely N-dealkylation sites (tertiary alicyclic amines) is 1. The average Bonchev–Trinajstić information content (AvgIpc) is 3.06. The molecule has 3 rings (SSSR count). The fraction of sp³-hybridized carbons (Fsp3) is 0.400. The second kappa shape index (κ2) is 8.01. The van der Waals surface area contributed by atoms with Crippen LogP contribution >= 0.6 is 0 Å². The Hall–Kier alpha value is -2.56. The topological polar surface area (TPSA) is 62.6 Å². The minimum absolute atomic E-state index is 0.00747. The first kappa shape index (κ1) is 17.3. The van der Waals surface area contributed by atoms with Crippen LogP contribution in [0.1, 0.15) is 41.1 Å². The Balaban J connectivity index is 1.49. The van der Waals surface area contributed by atoms with E-state index in [1.807, 2.05) is 54.3 Å². The summed E-state index contributed by atoms with van der Waals surface area (Å²) in [5.41, 5.74) is 0.697. The fourth-order valence-electron chi connectivity index (χ4n) is 3.20. The van der Waals surface area contributed by atoms with E-state index in [0.29, 0.717) is 24.9 Å². The van der Waals surface area contributed by atoms with Crippen LogP contribution in [0.2, 0.25) is 0 Å². The van der Waals surface area contributed by atoms with Gasteiger partial charge >= 0.3 is 0 Å². The van der Waals surface area contributed by atoms with Crippen molar-refractivity contribution in [3.63, 3.8) is 0 Å². The summed E-state index contributed by atoms with van der Waals surface area (Å²) >= 11 is 0. The molecule has 0 spiro atoms. The highest BCUT2D eigenvalue weighted by molar-refractivity contribution is 5.94. The van der Waals surface area contributed by atoms with E-state index in [0.717, 1.165) is 30.9 Å². The third kappa shape index (κ3) is 4.72. The fourth-order valence-corrected chi connectivity index (χ4v) is 3.20. The van der Waals surface area contributed by atoms with Gasteiger partial charge in [0.2, 0.25) is 5.91 Å². The van der Waals surface area contributed by atoms with E-state index in [1.54, 1.807) is 0 Å². The van der Waals surface area contributed by atoms with Crippen LogP contribution in [0, 0.1) is 6.92 Å². The monoisotopic (exact) mass is 340 g/mol. The lowest BCUT2D eigenvalue weighted by Crippen LogP contribution is -2.49. The standard InChI is InChI=1S/C20H24N2O3/c1-15-9-10-18(25-15)11-12-19(23)21-17-8-5-13-22(14-17)20(24)16-6-3-2-4-7-16/h2-4,6-7,9-10,17H,5,8,11-14H2,1H3,(H,21,23). The van der Waals surface area contributed by atoms with E-state index >= 15 is 0 Å². The highest BCUT2D eigenvalue weighted by atomic mass is 16.3. The van der Waals surface area contributed by atoms with E-state index in [4.69, 9.17) is 4.42 Å². The Morgan fingerprint density at radius 1 is 1.20 bits per heavy atom. The smallest absolute Gasteiger partial charge is 0.253 e. The predicted molar refractivity (Wildman–Crippen MR) is 95.3 cm³/mol. The van der Waals surface area contributed by atoms with Crippen molar-refractivity contribution in [3.8, 4) is 0 Å². The maximum Gasteiger partial charge on any atom is 0.253 e. The predicted octanol–water partition coefficient (Wildman–Crippen LogP) is 2.94. The molecule has 25 heavy (non-hydrogen) atoms. The number of hydrogen-bond donors (Lipinski definition) is 1. The minimum atomic E-state index is 0.00747. The number of amides is 2. The van der Waals surface area contributed by atoms with Gasteiger partial charge in [0.15, 0.2) is 0 Å². The molecule has 1 N–H and O–H groups in total. The molecule has 0 radical (unpaired) electrons. The van der Waals surface area contributed by atoms with Crippen LogP contribution in [-0.2, 0) is 11.2 Å². The van der Waals surface area contributed by atoms with E-state index in [-0.39, 0.29) is 17.9 Å².